The van der Waals surface area contributed by atoms with Crippen molar-refractivity contribution in [3.8, 4) is 11.4 Å². The summed E-state index contributed by atoms with van der Waals surface area (Å²) in [5, 5.41) is 13.1. The van der Waals surface area contributed by atoms with Crippen molar-refractivity contribution < 1.29 is 13.9 Å². The molecule has 2 N–H and O–H groups in total. The molecule has 1 aromatic heterocycles. The number of aromatic nitrogens is 2. The second-order valence-electron chi connectivity index (χ2n) is 10.6. The van der Waals surface area contributed by atoms with Crippen LogP contribution < -0.4 is 15.4 Å². The fourth-order valence-corrected chi connectivity index (χ4v) is 5.30. The lowest BCUT2D eigenvalue weighted by atomic mass is 9.92. The van der Waals surface area contributed by atoms with E-state index in [4.69, 9.17) is 11.3 Å². The molecule has 0 spiro atoms. The summed E-state index contributed by atoms with van der Waals surface area (Å²) in [4.78, 5) is 17.0. The number of halogens is 1. The van der Waals surface area contributed by atoms with Gasteiger partial charge in [-0.05, 0) is 85.0 Å². The maximum atomic E-state index is 15.2. The minimum Gasteiger partial charge on any atom is -0.496 e. The van der Waals surface area contributed by atoms with Crippen molar-refractivity contribution in [2.45, 2.75) is 25.8 Å². The topological polar surface area (TPSA) is 72.5 Å². The molecular formula is C34H30FN5O2. The fourth-order valence-electron chi connectivity index (χ4n) is 5.30. The van der Waals surface area contributed by atoms with Crippen LogP contribution in [0.25, 0.3) is 21.3 Å². The highest BCUT2D eigenvalue weighted by Crippen LogP contribution is 2.38. The SMILES string of the molecule is [C-]#[N+]c1cccc(-n2nc(C)cc2C(=O)Nc2cc(C(NCC3CC3)c3c(OC)ccc4ccccc34)ccc2F)c1. The Morgan fingerprint density at radius 2 is 1.93 bits per heavy atom. The Labute approximate surface area is 243 Å². The highest BCUT2D eigenvalue weighted by Gasteiger charge is 2.27. The summed E-state index contributed by atoms with van der Waals surface area (Å²) in [6.45, 7) is 9.92. The van der Waals surface area contributed by atoms with Gasteiger partial charge in [-0.25, -0.2) is 13.9 Å². The highest BCUT2D eigenvalue weighted by atomic mass is 19.1. The minimum atomic E-state index is -0.546. The molecule has 6 rings (SSSR count). The number of amides is 1. The Balaban J connectivity index is 1.38. The van der Waals surface area contributed by atoms with Crippen LogP contribution in [-0.2, 0) is 0 Å². The van der Waals surface area contributed by atoms with Crippen molar-refractivity contribution in [2.75, 3.05) is 19.0 Å². The van der Waals surface area contributed by atoms with Crippen LogP contribution in [0.1, 0.15) is 46.2 Å². The van der Waals surface area contributed by atoms with Crippen LogP contribution in [0.2, 0.25) is 0 Å². The molecule has 42 heavy (non-hydrogen) atoms. The molecule has 1 saturated carbocycles. The number of carbonyl (C=O) groups excluding carboxylic acids is 1. The lowest BCUT2D eigenvalue weighted by Gasteiger charge is -2.24. The second kappa shape index (κ2) is 11.5. The predicted octanol–water partition coefficient (Wildman–Crippen LogP) is 7.37. The molecule has 5 aromatic rings. The van der Waals surface area contributed by atoms with E-state index in [2.05, 4.69) is 32.7 Å². The number of carbonyl (C=O) groups is 1. The number of aryl methyl sites for hydroxylation is 1. The van der Waals surface area contributed by atoms with Gasteiger partial charge in [0, 0.05) is 5.56 Å². The van der Waals surface area contributed by atoms with Crippen LogP contribution in [0.15, 0.2) is 84.9 Å². The van der Waals surface area contributed by atoms with Crippen LogP contribution in [0.3, 0.4) is 0 Å². The van der Waals surface area contributed by atoms with Gasteiger partial charge in [-0.2, -0.15) is 5.10 Å². The number of anilines is 1. The zero-order valence-electron chi connectivity index (χ0n) is 23.4. The third-order valence-corrected chi connectivity index (χ3v) is 7.59. The molecule has 1 aliphatic carbocycles. The van der Waals surface area contributed by atoms with E-state index >= 15 is 4.39 Å². The summed E-state index contributed by atoms with van der Waals surface area (Å²) in [6, 6.07) is 25.1. The smallest absolute Gasteiger partial charge is 0.274 e. The molecule has 0 radical (unpaired) electrons. The summed E-state index contributed by atoms with van der Waals surface area (Å²) in [7, 11) is 1.65. The van der Waals surface area contributed by atoms with Gasteiger partial charge in [0.25, 0.3) is 5.91 Å². The monoisotopic (exact) mass is 559 g/mol. The van der Waals surface area contributed by atoms with Gasteiger partial charge in [-0.3, -0.25) is 4.79 Å². The number of hydrogen-bond donors (Lipinski definition) is 2. The Morgan fingerprint density at radius 3 is 2.71 bits per heavy atom. The summed E-state index contributed by atoms with van der Waals surface area (Å²) in [5.41, 5.74) is 3.69. The molecule has 210 valence electrons. The number of ether oxygens (including phenoxy) is 1. The average Bonchev–Trinajstić information content (AvgIpc) is 3.76. The first-order chi connectivity index (χ1) is 20.4. The summed E-state index contributed by atoms with van der Waals surface area (Å²) >= 11 is 0. The minimum absolute atomic E-state index is 0.0650. The van der Waals surface area contributed by atoms with E-state index < -0.39 is 11.7 Å². The molecule has 0 aliphatic heterocycles. The van der Waals surface area contributed by atoms with Crippen LogP contribution in [-0.4, -0.2) is 29.3 Å². The lowest BCUT2D eigenvalue weighted by Crippen LogP contribution is -2.26. The van der Waals surface area contributed by atoms with E-state index in [-0.39, 0.29) is 17.4 Å². The zero-order chi connectivity index (χ0) is 29.2. The Bertz CT molecular complexity index is 1840. The van der Waals surface area contributed by atoms with Crippen molar-refractivity contribution in [1.29, 1.82) is 0 Å². The van der Waals surface area contributed by atoms with Gasteiger partial charge in [0.15, 0.2) is 5.69 Å². The maximum Gasteiger partial charge on any atom is 0.274 e. The Morgan fingerprint density at radius 1 is 1.10 bits per heavy atom. The van der Waals surface area contributed by atoms with Crippen LogP contribution in [0, 0.1) is 25.2 Å². The number of fused-ring (bicyclic) bond motifs is 1. The number of methoxy groups -OCH3 is 1. The van der Waals surface area contributed by atoms with E-state index in [0.717, 1.165) is 34.2 Å². The summed E-state index contributed by atoms with van der Waals surface area (Å²) < 4.78 is 22.5. The first-order valence-corrected chi connectivity index (χ1v) is 13.9. The number of hydrogen-bond acceptors (Lipinski definition) is 4. The van der Waals surface area contributed by atoms with E-state index in [0.29, 0.717) is 23.0 Å². The lowest BCUT2D eigenvalue weighted by molar-refractivity contribution is 0.101. The number of nitrogens with zero attached hydrogens (tertiary/aromatic N) is 3. The molecule has 1 atom stereocenters. The molecule has 1 amide bonds. The zero-order valence-corrected chi connectivity index (χ0v) is 23.4. The first kappa shape index (κ1) is 27.2. The van der Waals surface area contributed by atoms with Crippen molar-refractivity contribution >= 4 is 28.1 Å². The molecule has 1 aliphatic rings. The number of benzene rings is 4. The predicted molar refractivity (Wildman–Crippen MR) is 162 cm³/mol. The molecule has 8 heteroatoms. The molecule has 1 heterocycles. The van der Waals surface area contributed by atoms with E-state index in [9.17, 15) is 4.79 Å². The summed E-state index contributed by atoms with van der Waals surface area (Å²) in [6.07, 6.45) is 2.37. The van der Waals surface area contributed by atoms with Crippen molar-refractivity contribution in [3.05, 3.63) is 125 Å². The van der Waals surface area contributed by atoms with Crippen LogP contribution >= 0.6 is 0 Å². The molecule has 7 nitrogen and oxygen atoms in total. The van der Waals surface area contributed by atoms with Crippen LogP contribution in [0.5, 0.6) is 5.75 Å². The van der Waals surface area contributed by atoms with E-state index in [1.807, 2.05) is 24.3 Å². The molecular weight excluding hydrogens is 529 g/mol. The third kappa shape index (κ3) is 5.47. The van der Waals surface area contributed by atoms with Crippen LogP contribution in [0.4, 0.5) is 15.8 Å². The van der Waals surface area contributed by atoms with Crippen molar-refractivity contribution in [1.82, 2.24) is 15.1 Å². The normalized spacial score (nSPS) is 13.5. The molecule has 1 unspecified atom stereocenters. The fraction of sp³-hybridized carbons (Fsp3) is 0.206. The van der Waals surface area contributed by atoms with Gasteiger partial charge < -0.3 is 15.4 Å². The quantitative estimate of drug-likeness (QED) is 0.185. The van der Waals surface area contributed by atoms with Gasteiger partial charge in [0.1, 0.15) is 17.3 Å². The average molecular weight is 560 g/mol. The number of rotatable bonds is 9. The van der Waals surface area contributed by atoms with Crippen molar-refractivity contribution in [2.24, 2.45) is 5.92 Å². The largest absolute Gasteiger partial charge is 0.496 e. The number of nitrogens with one attached hydrogen (secondary N) is 2. The second-order valence-corrected chi connectivity index (χ2v) is 10.6. The summed E-state index contributed by atoms with van der Waals surface area (Å²) in [5.74, 6) is 0.289. The standard InChI is InChI=1S/C34H30FN5O2/c1-21-17-30(40(39-21)26-9-6-8-25(19-26)36-2)34(41)38-29-18-24(13-15-28(29)35)33(37-20-22-11-12-22)32-27-10-5-4-7-23(27)14-16-31(32)42-3/h4-10,13-19,22,33,37H,11-12,20H2,1,3H3,(H,38,41). The Kier molecular flexibility index (Phi) is 7.43. The van der Waals surface area contributed by atoms with Gasteiger partial charge >= 0.3 is 0 Å². The first-order valence-electron chi connectivity index (χ1n) is 13.9. The van der Waals surface area contributed by atoms with Gasteiger partial charge in [0.2, 0.25) is 0 Å². The highest BCUT2D eigenvalue weighted by molar-refractivity contribution is 6.03. The van der Waals surface area contributed by atoms with Crippen molar-refractivity contribution in [3.63, 3.8) is 0 Å². The van der Waals surface area contributed by atoms with Gasteiger partial charge in [-0.15, -0.1) is 0 Å². The van der Waals surface area contributed by atoms with Gasteiger partial charge in [0.05, 0.1) is 36.8 Å². The molecule has 1 fully saturated rings. The van der Waals surface area contributed by atoms with Gasteiger partial charge in [-0.1, -0.05) is 48.5 Å². The maximum absolute atomic E-state index is 15.2. The molecule has 0 saturated heterocycles. The van der Waals surface area contributed by atoms with E-state index in [1.165, 1.54) is 23.6 Å². The van der Waals surface area contributed by atoms with E-state index in [1.54, 1.807) is 56.5 Å². The molecule has 0 bridgehead atoms. The third-order valence-electron chi connectivity index (χ3n) is 7.59. The Hall–Kier alpha value is -5.00. The molecule has 4 aromatic carbocycles.